The van der Waals surface area contributed by atoms with Crippen LogP contribution in [0.25, 0.3) is 0 Å². The van der Waals surface area contributed by atoms with Gasteiger partial charge in [-0.25, -0.2) is 0 Å². The predicted octanol–water partition coefficient (Wildman–Crippen LogP) is 3.91. The van der Waals surface area contributed by atoms with Crippen LogP contribution in [0.4, 0.5) is 0 Å². The van der Waals surface area contributed by atoms with E-state index >= 15 is 0 Å². The molecule has 1 aromatic carbocycles. The fourth-order valence-electron chi connectivity index (χ4n) is 1.53. The first-order valence-electron chi connectivity index (χ1n) is 6.01. The molecule has 0 bridgehead atoms. The summed E-state index contributed by atoms with van der Waals surface area (Å²) in [6.45, 7) is 9.99. The number of hydrogen-bond donors (Lipinski definition) is 1. The van der Waals surface area contributed by atoms with E-state index in [1.165, 1.54) is 5.56 Å². The molecule has 1 rings (SSSR count). The van der Waals surface area contributed by atoms with Gasteiger partial charge >= 0.3 is 0 Å². The standard InChI is InChI=1S/C14H22BrNO/c1-11(12-6-5-7-13(15)10-12)16-8-9-17-14(2,3)4/h5-7,10-11,16H,8-9H2,1-4H3/t11-/m1/s1. The average Bonchev–Trinajstić information content (AvgIpc) is 2.23. The highest BCUT2D eigenvalue weighted by atomic mass is 79.9. The lowest BCUT2D eigenvalue weighted by atomic mass is 10.1. The minimum Gasteiger partial charge on any atom is -0.375 e. The lowest BCUT2D eigenvalue weighted by Gasteiger charge is -2.21. The van der Waals surface area contributed by atoms with Crippen molar-refractivity contribution in [1.82, 2.24) is 5.32 Å². The molecular formula is C14H22BrNO. The number of rotatable bonds is 5. The minimum atomic E-state index is -0.0549. The third-order valence-corrected chi connectivity index (χ3v) is 2.93. The monoisotopic (exact) mass is 299 g/mol. The summed E-state index contributed by atoms with van der Waals surface area (Å²) in [6.07, 6.45) is 0. The van der Waals surface area contributed by atoms with Crippen LogP contribution in [0.3, 0.4) is 0 Å². The molecule has 0 spiro atoms. The summed E-state index contributed by atoms with van der Waals surface area (Å²) in [7, 11) is 0. The third kappa shape index (κ3) is 6.20. The van der Waals surface area contributed by atoms with Gasteiger partial charge in [0.2, 0.25) is 0 Å². The van der Waals surface area contributed by atoms with E-state index in [-0.39, 0.29) is 5.60 Å². The Labute approximate surface area is 113 Å². The smallest absolute Gasteiger partial charge is 0.0599 e. The summed E-state index contributed by atoms with van der Waals surface area (Å²) in [5, 5.41) is 3.45. The lowest BCUT2D eigenvalue weighted by Crippen LogP contribution is -2.28. The molecule has 0 unspecified atom stereocenters. The molecule has 17 heavy (non-hydrogen) atoms. The molecule has 0 aliphatic heterocycles. The molecule has 3 heteroatoms. The lowest BCUT2D eigenvalue weighted by molar-refractivity contribution is -0.00149. The molecule has 1 atom stereocenters. The van der Waals surface area contributed by atoms with Crippen LogP contribution >= 0.6 is 15.9 Å². The van der Waals surface area contributed by atoms with E-state index in [1.807, 2.05) is 6.07 Å². The van der Waals surface area contributed by atoms with Crippen molar-refractivity contribution < 1.29 is 4.74 Å². The Kier molecular flexibility index (Phi) is 5.63. The van der Waals surface area contributed by atoms with Crippen molar-refractivity contribution in [3.8, 4) is 0 Å². The number of hydrogen-bond acceptors (Lipinski definition) is 2. The fraction of sp³-hybridized carbons (Fsp3) is 0.571. The van der Waals surface area contributed by atoms with Gasteiger partial charge in [-0.15, -0.1) is 0 Å². The van der Waals surface area contributed by atoms with Crippen LogP contribution in [0, 0.1) is 0 Å². The maximum absolute atomic E-state index is 5.67. The summed E-state index contributed by atoms with van der Waals surface area (Å²) >= 11 is 3.49. The Hall–Kier alpha value is -0.380. The predicted molar refractivity (Wildman–Crippen MR) is 76.3 cm³/mol. The molecule has 0 saturated carbocycles. The number of benzene rings is 1. The van der Waals surface area contributed by atoms with Gasteiger partial charge in [0.05, 0.1) is 12.2 Å². The molecule has 0 saturated heterocycles. The highest BCUT2D eigenvalue weighted by Gasteiger charge is 2.10. The van der Waals surface area contributed by atoms with E-state index in [9.17, 15) is 0 Å². The molecule has 0 radical (unpaired) electrons. The topological polar surface area (TPSA) is 21.3 Å². The van der Waals surface area contributed by atoms with Gasteiger partial charge in [-0.1, -0.05) is 28.1 Å². The SMILES string of the molecule is C[C@@H](NCCOC(C)(C)C)c1cccc(Br)c1. The van der Waals surface area contributed by atoms with Gasteiger partial charge in [0.15, 0.2) is 0 Å². The summed E-state index contributed by atoms with van der Waals surface area (Å²) in [6, 6.07) is 8.72. The summed E-state index contributed by atoms with van der Waals surface area (Å²) in [4.78, 5) is 0. The first kappa shape index (κ1) is 14.7. The van der Waals surface area contributed by atoms with Crippen LogP contribution in [0.1, 0.15) is 39.3 Å². The Bertz CT molecular complexity index is 346. The van der Waals surface area contributed by atoms with Gasteiger partial charge in [0.1, 0.15) is 0 Å². The summed E-state index contributed by atoms with van der Waals surface area (Å²) in [5.74, 6) is 0. The molecule has 1 N–H and O–H groups in total. The van der Waals surface area contributed by atoms with Gasteiger partial charge in [-0.2, -0.15) is 0 Å². The van der Waals surface area contributed by atoms with E-state index < -0.39 is 0 Å². The zero-order valence-electron chi connectivity index (χ0n) is 11.1. The van der Waals surface area contributed by atoms with E-state index in [4.69, 9.17) is 4.74 Å². The van der Waals surface area contributed by atoms with Crippen LogP contribution < -0.4 is 5.32 Å². The van der Waals surface area contributed by atoms with Crippen molar-refractivity contribution in [2.75, 3.05) is 13.2 Å². The van der Waals surface area contributed by atoms with Crippen molar-refractivity contribution in [3.05, 3.63) is 34.3 Å². The molecule has 0 aliphatic carbocycles. The van der Waals surface area contributed by atoms with Gasteiger partial charge in [-0.05, 0) is 45.4 Å². The largest absolute Gasteiger partial charge is 0.375 e. The molecule has 0 aliphatic rings. The van der Waals surface area contributed by atoms with Crippen LogP contribution in [-0.2, 0) is 4.74 Å². The normalized spacial score (nSPS) is 13.7. The average molecular weight is 300 g/mol. The van der Waals surface area contributed by atoms with Gasteiger partial charge < -0.3 is 10.1 Å². The second-order valence-corrected chi connectivity index (χ2v) is 6.11. The van der Waals surface area contributed by atoms with Crippen LogP contribution in [0.5, 0.6) is 0 Å². The summed E-state index contributed by atoms with van der Waals surface area (Å²) < 4.78 is 6.79. The Morgan fingerprint density at radius 2 is 2.06 bits per heavy atom. The number of halogens is 1. The first-order chi connectivity index (χ1) is 7.88. The van der Waals surface area contributed by atoms with Crippen molar-refractivity contribution in [3.63, 3.8) is 0 Å². The van der Waals surface area contributed by atoms with E-state index in [0.717, 1.165) is 17.6 Å². The van der Waals surface area contributed by atoms with Crippen LogP contribution in [0.2, 0.25) is 0 Å². The Balaban J connectivity index is 2.33. The molecule has 0 aromatic heterocycles. The van der Waals surface area contributed by atoms with E-state index in [1.54, 1.807) is 0 Å². The quantitative estimate of drug-likeness (QED) is 0.832. The molecule has 1 aromatic rings. The fourth-order valence-corrected chi connectivity index (χ4v) is 1.94. The van der Waals surface area contributed by atoms with Crippen molar-refractivity contribution in [2.45, 2.75) is 39.3 Å². The Morgan fingerprint density at radius 3 is 2.65 bits per heavy atom. The maximum atomic E-state index is 5.67. The van der Waals surface area contributed by atoms with Crippen LogP contribution in [-0.4, -0.2) is 18.8 Å². The van der Waals surface area contributed by atoms with Crippen molar-refractivity contribution in [2.24, 2.45) is 0 Å². The Morgan fingerprint density at radius 1 is 1.35 bits per heavy atom. The highest BCUT2D eigenvalue weighted by molar-refractivity contribution is 9.10. The van der Waals surface area contributed by atoms with Gasteiger partial charge in [0.25, 0.3) is 0 Å². The van der Waals surface area contributed by atoms with Gasteiger partial charge in [0, 0.05) is 17.1 Å². The molecule has 2 nitrogen and oxygen atoms in total. The number of nitrogens with one attached hydrogen (secondary N) is 1. The first-order valence-corrected chi connectivity index (χ1v) is 6.80. The molecule has 96 valence electrons. The van der Waals surface area contributed by atoms with Crippen molar-refractivity contribution >= 4 is 15.9 Å². The molecular weight excluding hydrogens is 278 g/mol. The van der Waals surface area contributed by atoms with Crippen molar-refractivity contribution in [1.29, 1.82) is 0 Å². The summed E-state index contributed by atoms with van der Waals surface area (Å²) in [5.41, 5.74) is 1.23. The minimum absolute atomic E-state index is 0.0549. The second kappa shape index (κ2) is 6.53. The maximum Gasteiger partial charge on any atom is 0.0599 e. The molecule has 0 amide bonds. The number of ether oxygens (including phenoxy) is 1. The van der Waals surface area contributed by atoms with Gasteiger partial charge in [-0.3, -0.25) is 0 Å². The molecule has 0 fully saturated rings. The van der Waals surface area contributed by atoms with E-state index in [0.29, 0.717) is 6.04 Å². The zero-order chi connectivity index (χ0) is 12.9. The molecule has 0 heterocycles. The highest BCUT2D eigenvalue weighted by Crippen LogP contribution is 2.17. The van der Waals surface area contributed by atoms with E-state index in [2.05, 4.69) is 67.1 Å². The zero-order valence-corrected chi connectivity index (χ0v) is 12.7. The van der Waals surface area contributed by atoms with Crippen LogP contribution in [0.15, 0.2) is 28.7 Å². The third-order valence-electron chi connectivity index (χ3n) is 2.44. The second-order valence-electron chi connectivity index (χ2n) is 5.19.